The predicted octanol–water partition coefficient (Wildman–Crippen LogP) is 4.34. The molecular formula is C7H5Cl2NPtS2. The summed E-state index contributed by atoms with van der Waals surface area (Å²) in [5.41, 5.74) is 1.14. The van der Waals surface area contributed by atoms with Crippen molar-refractivity contribution in [2.75, 3.05) is 0 Å². The van der Waals surface area contributed by atoms with Gasteiger partial charge in [0, 0.05) is 0 Å². The van der Waals surface area contributed by atoms with E-state index >= 15 is 0 Å². The van der Waals surface area contributed by atoms with E-state index < -0.39 is 16.5 Å². The molecule has 74 valence electrons. The van der Waals surface area contributed by atoms with E-state index in [9.17, 15) is 0 Å². The van der Waals surface area contributed by atoms with Gasteiger partial charge in [0.2, 0.25) is 0 Å². The Morgan fingerprint density at radius 2 is 1.92 bits per heavy atom. The third-order valence-electron chi connectivity index (χ3n) is 1.33. The van der Waals surface area contributed by atoms with Gasteiger partial charge in [0.05, 0.1) is 10.2 Å². The van der Waals surface area contributed by atoms with Crippen LogP contribution < -0.4 is 0 Å². The first-order valence-electron chi connectivity index (χ1n) is 3.18. The van der Waals surface area contributed by atoms with Crippen molar-refractivity contribution in [1.29, 1.82) is 0 Å². The standard InChI is InChI=1S/C7H5NS2.2ClH.Pt/c9-7-8-5-3-1-2-4-6(5)10-7;;;/h1-4H,(H,8,9);2*1H;/q;;;+2/p-2. The fourth-order valence-electron chi connectivity index (χ4n) is 0.894. The Balaban J connectivity index is 0.000000251. The van der Waals surface area contributed by atoms with E-state index in [0.29, 0.717) is 0 Å². The van der Waals surface area contributed by atoms with Gasteiger partial charge < -0.3 is 4.98 Å². The molecule has 0 amide bonds. The molecule has 0 saturated heterocycles. The molecule has 6 heteroatoms. The number of hydrogen-bond acceptors (Lipinski definition) is 2. The molecule has 1 N–H and O–H groups in total. The van der Waals surface area contributed by atoms with Crippen LogP contribution in [-0.4, -0.2) is 4.98 Å². The Morgan fingerprint density at radius 3 is 2.54 bits per heavy atom. The Morgan fingerprint density at radius 1 is 1.31 bits per heavy atom. The normalized spacial score (nSPS) is 9.69. The van der Waals surface area contributed by atoms with Gasteiger partial charge in [0.15, 0.2) is 3.95 Å². The van der Waals surface area contributed by atoms with Crippen LogP contribution in [-0.2, 0) is 16.5 Å². The van der Waals surface area contributed by atoms with Gasteiger partial charge in [-0.05, 0) is 24.4 Å². The van der Waals surface area contributed by atoms with E-state index in [1.807, 2.05) is 18.2 Å². The molecule has 0 radical (unpaired) electrons. The summed E-state index contributed by atoms with van der Waals surface area (Å²) in [6, 6.07) is 8.11. The first-order valence-corrected chi connectivity index (χ1v) is 10.0. The average molecular weight is 433 g/mol. The van der Waals surface area contributed by atoms with Crippen molar-refractivity contribution < 1.29 is 16.5 Å². The van der Waals surface area contributed by atoms with Crippen molar-refractivity contribution in [2.24, 2.45) is 0 Å². The topological polar surface area (TPSA) is 15.8 Å². The minimum atomic E-state index is -0.472. The second-order valence-corrected chi connectivity index (χ2v) is 7.06. The third kappa shape index (κ3) is 3.68. The van der Waals surface area contributed by atoms with Crippen molar-refractivity contribution in [2.45, 2.75) is 0 Å². The van der Waals surface area contributed by atoms with Gasteiger partial charge in [-0.1, -0.05) is 12.1 Å². The molecule has 0 aliphatic carbocycles. The number of para-hydroxylation sites is 1. The summed E-state index contributed by atoms with van der Waals surface area (Å²) >= 11 is 6.12. The summed E-state index contributed by atoms with van der Waals surface area (Å²) in [7, 11) is 9.75. The summed E-state index contributed by atoms with van der Waals surface area (Å²) in [6.07, 6.45) is 0. The average Bonchev–Trinajstić information content (AvgIpc) is 2.45. The maximum atomic E-state index is 4.98. The zero-order valence-electron chi connectivity index (χ0n) is 6.20. The summed E-state index contributed by atoms with van der Waals surface area (Å²) < 4.78 is 2.08. The molecule has 0 aliphatic rings. The van der Waals surface area contributed by atoms with Gasteiger partial charge >= 0.3 is 35.3 Å². The van der Waals surface area contributed by atoms with Crippen LogP contribution in [0.5, 0.6) is 0 Å². The Labute approximate surface area is 101 Å². The molecule has 1 aromatic carbocycles. The number of benzene rings is 1. The molecule has 0 atom stereocenters. The summed E-state index contributed by atoms with van der Waals surface area (Å²) in [5.74, 6) is 0. The van der Waals surface area contributed by atoms with E-state index in [2.05, 4.69) is 11.1 Å². The summed E-state index contributed by atoms with van der Waals surface area (Å²) in [4.78, 5) is 3.09. The number of aromatic amines is 1. The third-order valence-corrected chi connectivity index (χ3v) is 2.54. The van der Waals surface area contributed by atoms with Crippen LogP contribution in [0, 0.1) is 3.95 Å². The van der Waals surface area contributed by atoms with E-state index in [1.54, 1.807) is 11.3 Å². The van der Waals surface area contributed by atoms with Gasteiger partial charge in [0.1, 0.15) is 0 Å². The monoisotopic (exact) mass is 432 g/mol. The zero-order chi connectivity index (χ0) is 9.68. The Bertz CT molecular complexity index is 389. The first kappa shape index (κ1) is 11.7. The molecule has 0 saturated carbocycles. The van der Waals surface area contributed by atoms with Crippen LogP contribution in [0.25, 0.3) is 10.2 Å². The molecule has 0 spiro atoms. The molecule has 0 unspecified atom stereocenters. The van der Waals surface area contributed by atoms with Crippen LogP contribution in [0.2, 0.25) is 0 Å². The number of halogens is 2. The number of thiazole rings is 1. The number of aromatic nitrogens is 1. The number of rotatable bonds is 0. The van der Waals surface area contributed by atoms with E-state index in [0.717, 1.165) is 9.47 Å². The molecule has 0 fully saturated rings. The molecule has 0 aliphatic heterocycles. The summed E-state index contributed by atoms with van der Waals surface area (Å²) in [6.45, 7) is 0. The fourth-order valence-corrected chi connectivity index (χ4v) is 2.01. The first-order chi connectivity index (χ1) is 6.27. The Kier molecular flexibility index (Phi) is 5.52. The zero-order valence-corrected chi connectivity index (χ0v) is 11.6. The molecule has 2 aromatic rings. The maximum absolute atomic E-state index is 4.98. The quantitative estimate of drug-likeness (QED) is 0.612. The SMILES string of the molecule is S=c1[nH]c2ccccc2s1.[Cl][Pt][Cl]. The number of H-pyrrole nitrogens is 1. The molecule has 0 bridgehead atoms. The van der Waals surface area contributed by atoms with Crippen LogP contribution in [0.4, 0.5) is 0 Å². The second-order valence-electron chi connectivity index (χ2n) is 2.06. The van der Waals surface area contributed by atoms with Gasteiger partial charge in [0.25, 0.3) is 0 Å². The van der Waals surface area contributed by atoms with Crippen molar-refractivity contribution in [3.05, 3.63) is 28.2 Å². The molecule has 1 nitrogen and oxygen atoms in total. The predicted molar refractivity (Wildman–Crippen MR) is 58.7 cm³/mol. The van der Waals surface area contributed by atoms with Crippen LogP contribution >= 0.6 is 42.4 Å². The van der Waals surface area contributed by atoms with E-state index in [4.69, 9.17) is 31.1 Å². The minimum absolute atomic E-state index is 0.472. The molecular weight excluding hydrogens is 428 g/mol. The van der Waals surface area contributed by atoms with Crippen LogP contribution in [0.1, 0.15) is 0 Å². The van der Waals surface area contributed by atoms with E-state index in [-0.39, 0.29) is 0 Å². The molecule has 1 heterocycles. The molecule has 13 heavy (non-hydrogen) atoms. The fraction of sp³-hybridized carbons (Fsp3) is 0. The molecule has 1 aromatic heterocycles. The van der Waals surface area contributed by atoms with Crippen LogP contribution in [0.3, 0.4) is 0 Å². The van der Waals surface area contributed by atoms with Gasteiger partial charge in [-0.3, -0.25) is 0 Å². The van der Waals surface area contributed by atoms with Gasteiger partial charge in [-0.25, -0.2) is 0 Å². The van der Waals surface area contributed by atoms with Gasteiger partial charge in [-0.2, -0.15) is 0 Å². The van der Waals surface area contributed by atoms with E-state index in [1.165, 1.54) is 4.70 Å². The van der Waals surface area contributed by atoms with Crippen molar-refractivity contribution >= 4 is 52.6 Å². The Hall–Kier alpha value is 0.598. The molecule has 2 rings (SSSR count). The second kappa shape index (κ2) is 6.15. The van der Waals surface area contributed by atoms with Crippen molar-refractivity contribution in [3.8, 4) is 0 Å². The van der Waals surface area contributed by atoms with Crippen LogP contribution in [0.15, 0.2) is 24.3 Å². The van der Waals surface area contributed by atoms with Gasteiger partial charge in [-0.15, -0.1) is 11.3 Å². The van der Waals surface area contributed by atoms with Crippen molar-refractivity contribution in [3.63, 3.8) is 0 Å². The summed E-state index contributed by atoms with van der Waals surface area (Å²) in [5, 5.41) is 0. The number of hydrogen-bond donors (Lipinski definition) is 1. The van der Waals surface area contributed by atoms with Crippen molar-refractivity contribution in [1.82, 2.24) is 4.98 Å². The number of fused-ring (bicyclic) bond motifs is 1. The number of nitrogens with one attached hydrogen (secondary N) is 1.